The number of nitrogens with zero attached hydrogens (tertiary/aromatic N) is 1. The first-order valence-electron chi connectivity index (χ1n) is 5.30. The molecule has 0 saturated heterocycles. The van der Waals surface area contributed by atoms with E-state index in [4.69, 9.17) is 26.3 Å². The maximum absolute atomic E-state index is 5.86. The summed E-state index contributed by atoms with van der Waals surface area (Å²) in [6, 6.07) is 10.9. The number of furan rings is 1. The van der Waals surface area contributed by atoms with E-state index in [-0.39, 0.29) is 0 Å². The molecule has 1 aromatic carbocycles. The highest BCUT2D eigenvalue weighted by Gasteiger charge is 2.19. The van der Waals surface area contributed by atoms with Crippen LogP contribution in [0.5, 0.6) is 0 Å². The zero-order chi connectivity index (χ0) is 12.5. The number of nitrogen functional groups attached to an aromatic ring is 1. The van der Waals surface area contributed by atoms with Crippen molar-refractivity contribution >= 4 is 17.4 Å². The zero-order valence-corrected chi connectivity index (χ0v) is 10.0. The number of aromatic nitrogens is 1. The Bertz CT molecular complexity index is 657. The third-order valence-electron chi connectivity index (χ3n) is 2.60. The molecule has 0 amide bonds. The molecule has 0 bridgehead atoms. The van der Waals surface area contributed by atoms with E-state index in [1.807, 2.05) is 12.1 Å². The summed E-state index contributed by atoms with van der Waals surface area (Å²) in [4.78, 5) is 0. The fourth-order valence-electron chi connectivity index (χ4n) is 1.77. The van der Waals surface area contributed by atoms with Gasteiger partial charge in [0.05, 0.1) is 11.8 Å². The van der Waals surface area contributed by atoms with Gasteiger partial charge in [0.25, 0.3) is 0 Å². The standard InChI is InChI=1S/C13H9ClN2O2/c14-9-5-3-8(4-6-9)11-12(18-16-13(11)15)10-2-1-7-17-10/h1-7H,(H2,15,16). The number of halogens is 1. The first-order valence-corrected chi connectivity index (χ1v) is 5.68. The summed E-state index contributed by atoms with van der Waals surface area (Å²) >= 11 is 5.86. The minimum absolute atomic E-state index is 0.323. The average Bonchev–Trinajstić information content (AvgIpc) is 2.99. The minimum Gasteiger partial charge on any atom is -0.461 e. The van der Waals surface area contributed by atoms with Crippen LogP contribution in [0.25, 0.3) is 22.6 Å². The molecule has 0 spiro atoms. The molecule has 0 unspecified atom stereocenters. The number of hydrogen-bond donors (Lipinski definition) is 1. The van der Waals surface area contributed by atoms with Crippen LogP contribution in [0, 0.1) is 0 Å². The second-order valence-corrected chi connectivity index (χ2v) is 4.19. The summed E-state index contributed by atoms with van der Waals surface area (Å²) in [7, 11) is 0. The molecule has 0 aliphatic carbocycles. The van der Waals surface area contributed by atoms with E-state index in [1.165, 1.54) is 0 Å². The highest BCUT2D eigenvalue weighted by Crippen LogP contribution is 2.36. The molecule has 0 radical (unpaired) electrons. The number of hydrogen-bond acceptors (Lipinski definition) is 4. The smallest absolute Gasteiger partial charge is 0.212 e. The van der Waals surface area contributed by atoms with E-state index in [2.05, 4.69) is 5.16 Å². The molecule has 2 N–H and O–H groups in total. The highest BCUT2D eigenvalue weighted by atomic mass is 35.5. The van der Waals surface area contributed by atoms with Crippen molar-refractivity contribution in [2.24, 2.45) is 0 Å². The van der Waals surface area contributed by atoms with Gasteiger partial charge < -0.3 is 14.7 Å². The normalized spacial score (nSPS) is 10.7. The molecule has 0 atom stereocenters. The van der Waals surface area contributed by atoms with Crippen LogP contribution in [0.4, 0.5) is 5.82 Å². The molecule has 3 rings (SSSR count). The molecule has 0 fully saturated rings. The minimum atomic E-state index is 0.323. The van der Waals surface area contributed by atoms with Crippen molar-refractivity contribution in [3.63, 3.8) is 0 Å². The van der Waals surface area contributed by atoms with Crippen LogP contribution in [0.2, 0.25) is 5.02 Å². The molecule has 4 nitrogen and oxygen atoms in total. The quantitative estimate of drug-likeness (QED) is 0.760. The lowest BCUT2D eigenvalue weighted by atomic mass is 10.0. The van der Waals surface area contributed by atoms with Gasteiger partial charge in [0.1, 0.15) is 0 Å². The Kier molecular flexibility index (Phi) is 2.57. The third-order valence-corrected chi connectivity index (χ3v) is 2.85. The second-order valence-electron chi connectivity index (χ2n) is 3.76. The molecule has 0 aliphatic heterocycles. The molecule has 90 valence electrons. The predicted octanol–water partition coefficient (Wildman–Crippen LogP) is 3.84. The SMILES string of the molecule is Nc1noc(-c2ccco2)c1-c1ccc(Cl)cc1. The maximum atomic E-state index is 5.86. The molecule has 2 aromatic heterocycles. The van der Waals surface area contributed by atoms with Gasteiger partial charge in [-0.25, -0.2) is 0 Å². The molecule has 3 aromatic rings. The van der Waals surface area contributed by atoms with Gasteiger partial charge in [-0.3, -0.25) is 0 Å². The highest BCUT2D eigenvalue weighted by molar-refractivity contribution is 6.30. The van der Waals surface area contributed by atoms with Crippen molar-refractivity contribution in [3.8, 4) is 22.6 Å². The van der Waals surface area contributed by atoms with Crippen molar-refractivity contribution in [1.29, 1.82) is 0 Å². The lowest BCUT2D eigenvalue weighted by Crippen LogP contribution is -1.88. The molecule has 2 heterocycles. The zero-order valence-electron chi connectivity index (χ0n) is 9.26. The van der Waals surface area contributed by atoms with Crippen molar-refractivity contribution < 1.29 is 8.94 Å². The Labute approximate surface area is 108 Å². The van der Waals surface area contributed by atoms with Crippen LogP contribution in [-0.4, -0.2) is 5.16 Å². The first kappa shape index (κ1) is 10.9. The molecular weight excluding hydrogens is 252 g/mol. The number of rotatable bonds is 2. The number of benzene rings is 1. The summed E-state index contributed by atoms with van der Waals surface area (Å²) in [5, 5.41) is 4.44. The van der Waals surface area contributed by atoms with E-state index in [1.54, 1.807) is 30.5 Å². The van der Waals surface area contributed by atoms with Crippen LogP contribution in [-0.2, 0) is 0 Å². The Balaban J connectivity index is 2.17. The second kappa shape index (κ2) is 4.23. The average molecular weight is 261 g/mol. The van der Waals surface area contributed by atoms with Gasteiger partial charge in [-0.2, -0.15) is 0 Å². The van der Waals surface area contributed by atoms with Gasteiger partial charge >= 0.3 is 0 Å². The summed E-state index contributed by atoms with van der Waals surface area (Å²) in [6.45, 7) is 0. The lowest BCUT2D eigenvalue weighted by molar-refractivity contribution is 0.421. The van der Waals surface area contributed by atoms with Crippen LogP contribution < -0.4 is 5.73 Å². The van der Waals surface area contributed by atoms with Crippen LogP contribution in [0.1, 0.15) is 0 Å². The van der Waals surface area contributed by atoms with Gasteiger partial charge in [-0.15, -0.1) is 0 Å². The van der Waals surface area contributed by atoms with Crippen LogP contribution in [0.15, 0.2) is 51.6 Å². The molecule has 5 heteroatoms. The monoisotopic (exact) mass is 260 g/mol. The van der Waals surface area contributed by atoms with Gasteiger partial charge in [0, 0.05) is 5.02 Å². The van der Waals surface area contributed by atoms with Gasteiger partial charge in [0.15, 0.2) is 11.6 Å². The fraction of sp³-hybridized carbons (Fsp3) is 0. The van der Waals surface area contributed by atoms with E-state index in [9.17, 15) is 0 Å². The molecular formula is C13H9ClN2O2. The van der Waals surface area contributed by atoms with Gasteiger partial charge in [-0.05, 0) is 29.8 Å². The molecule has 0 aliphatic rings. The third kappa shape index (κ3) is 1.76. The maximum Gasteiger partial charge on any atom is 0.212 e. The Morgan fingerprint density at radius 3 is 2.56 bits per heavy atom. The summed E-state index contributed by atoms with van der Waals surface area (Å²) in [6.07, 6.45) is 1.57. The Hall–Kier alpha value is -2.20. The van der Waals surface area contributed by atoms with E-state index >= 15 is 0 Å². The topological polar surface area (TPSA) is 65.2 Å². The van der Waals surface area contributed by atoms with Crippen molar-refractivity contribution in [1.82, 2.24) is 5.16 Å². The Morgan fingerprint density at radius 1 is 1.11 bits per heavy atom. The predicted molar refractivity (Wildman–Crippen MR) is 69.1 cm³/mol. The van der Waals surface area contributed by atoms with Gasteiger partial charge in [-0.1, -0.05) is 28.9 Å². The van der Waals surface area contributed by atoms with Crippen molar-refractivity contribution in [2.45, 2.75) is 0 Å². The summed E-state index contributed by atoms with van der Waals surface area (Å²) in [5.74, 6) is 1.42. The van der Waals surface area contributed by atoms with Crippen LogP contribution in [0.3, 0.4) is 0 Å². The summed E-state index contributed by atoms with van der Waals surface area (Å²) in [5.41, 5.74) is 7.43. The number of anilines is 1. The van der Waals surface area contributed by atoms with E-state index < -0.39 is 0 Å². The lowest BCUT2D eigenvalue weighted by Gasteiger charge is -2.00. The molecule has 0 saturated carbocycles. The first-order chi connectivity index (χ1) is 8.75. The summed E-state index contributed by atoms with van der Waals surface area (Å²) < 4.78 is 10.5. The molecule has 18 heavy (non-hydrogen) atoms. The van der Waals surface area contributed by atoms with Gasteiger partial charge in [0.2, 0.25) is 5.76 Å². The largest absolute Gasteiger partial charge is 0.461 e. The number of nitrogens with two attached hydrogens (primary N) is 1. The van der Waals surface area contributed by atoms with Crippen molar-refractivity contribution in [3.05, 3.63) is 47.7 Å². The van der Waals surface area contributed by atoms with E-state index in [0.717, 1.165) is 5.56 Å². The van der Waals surface area contributed by atoms with Crippen LogP contribution >= 0.6 is 11.6 Å². The van der Waals surface area contributed by atoms with E-state index in [0.29, 0.717) is 27.9 Å². The fourth-order valence-corrected chi connectivity index (χ4v) is 1.90. The Morgan fingerprint density at radius 2 is 1.89 bits per heavy atom. The van der Waals surface area contributed by atoms with Crippen molar-refractivity contribution in [2.75, 3.05) is 5.73 Å².